The molecule has 1 amide bonds. The Bertz CT molecular complexity index is 960. The highest BCUT2D eigenvalue weighted by atomic mass is 32.1. The van der Waals surface area contributed by atoms with E-state index in [9.17, 15) is 4.79 Å². The van der Waals surface area contributed by atoms with Gasteiger partial charge in [0.2, 0.25) is 0 Å². The average Bonchev–Trinajstić information content (AvgIpc) is 3.20. The monoisotopic (exact) mass is 367 g/mol. The molecule has 1 aliphatic rings. The fourth-order valence-corrected chi connectivity index (χ4v) is 4.32. The van der Waals surface area contributed by atoms with Gasteiger partial charge in [0.25, 0.3) is 5.91 Å². The molecule has 0 saturated carbocycles. The minimum absolute atomic E-state index is 0.0201. The second-order valence-corrected chi connectivity index (χ2v) is 7.76. The zero-order valence-electron chi connectivity index (χ0n) is 15.1. The Kier molecular flexibility index (Phi) is 4.38. The molecule has 1 aliphatic heterocycles. The molecule has 3 heterocycles. The molecule has 134 valence electrons. The van der Waals surface area contributed by atoms with Crippen LogP contribution in [0, 0.1) is 13.8 Å². The van der Waals surface area contributed by atoms with Gasteiger partial charge in [0, 0.05) is 13.1 Å². The van der Waals surface area contributed by atoms with Gasteiger partial charge in [-0.2, -0.15) is 0 Å². The van der Waals surface area contributed by atoms with Crippen molar-refractivity contribution in [2.75, 3.05) is 13.6 Å². The number of thiazole rings is 1. The number of fused-ring (bicyclic) bond motifs is 1. The summed E-state index contributed by atoms with van der Waals surface area (Å²) in [5.41, 5.74) is 3.19. The van der Waals surface area contributed by atoms with Gasteiger partial charge in [0.15, 0.2) is 10.8 Å². The van der Waals surface area contributed by atoms with Crippen LogP contribution in [0.1, 0.15) is 38.3 Å². The molecule has 1 unspecified atom stereocenters. The van der Waals surface area contributed by atoms with Crippen molar-refractivity contribution in [1.82, 2.24) is 15.2 Å². The molecule has 0 fully saturated rings. The lowest BCUT2D eigenvalue weighted by molar-refractivity contribution is 0.0925. The number of nitrogens with zero attached hydrogens (tertiary/aromatic N) is 2. The fraction of sp³-hybridized carbons (Fsp3) is 0.300. The summed E-state index contributed by atoms with van der Waals surface area (Å²) in [5.74, 6) is 1.46. The third-order valence-electron chi connectivity index (χ3n) is 4.62. The van der Waals surface area contributed by atoms with Crippen molar-refractivity contribution in [1.29, 1.82) is 0 Å². The van der Waals surface area contributed by atoms with Crippen molar-refractivity contribution < 1.29 is 9.21 Å². The van der Waals surface area contributed by atoms with Crippen LogP contribution < -0.4 is 5.32 Å². The van der Waals surface area contributed by atoms with Crippen molar-refractivity contribution in [3.05, 3.63) is 63.9 Å². The predicted octanol–water partition coefficient (Wildman–Crippen LogP) is 3.94. The largest absolute Gasteiger partial charge is 0.459 e. The molecule has 0 spiro atoms. The lowest BCUT2D eigenvalue weighted by Gasteiger charge is -2.32. The van der Waals surface area contributed by atoms with E-state index in [1.54, 1.807) is 0 Å². The summed E-state index contributed by atoms with van der Waals surface area (Å²) in [5, 5.41) is 3.93. The number of hydrogen-bond donors (Lipinski definition) is 1. The maximum atomic E-state index is 12.9. The quantitative estimate of drug-likeness (QED) is 0.762. The summed E-state index contributed by atoms with van der Waals surface area (Å²) < 4.78 is 5.64. The maximum Gasteiger partial charge on any atom is 0.263 e. The van der Waals surface area contributed by atoms with Crippen molar-refractivity contribution in [3.8, 4) is 10.8 Å². The third kappa shape index (κ3) is 3.18. The maximum absolute atomic E-state index is 12.9. The number of furan rings is 1. The Morgan fingerprint density at radius 2 is 2.08 bits per heavy atom. The Morgan fingerprint density at radius 3 is 2.85 bits per heavy atom. The summed E-state index contributed by atoms with van der Waals surface area (Å²) in [6.07, 6.45) is 0. The van der Waals surface area contributed by atoms with Gasteiger partial charge >= 0.3 is 0 Å². The Labute approximate surface area is 156 Å². The highest BCUT2D eigenvalue weighted by Crippen LogP contribution is 2.31. The number of amides is 1. The molecular formula is C20H21N3O2S. The minimum atomic E-state index is -0.0790. The molecule has 3 aromatic rings. The number of likely N-dealkylation sites (N-methyl/N-ethyl adjacent to an activating group) is 1. The van der Waals surface area contributed by atoms with Crippen molar-refractivity contribution in [2.24, 2.45) is 0 Å². The number of benzene rings is 1. The van der Waals surface area contributed by atoms with Gasteiger partial charge in [0.1, 0.15) is 10.6 Å². The van der Waals surface area contributed by atoms with Gasteiger partial charge in [-0.1, -0.05) is 24.3 Å². The molecule has 0 saturated heterocycles. The van der Waals surface area contributed by atoms with E-state index in [1.165, 1.54) is 22.5 Å². The van der Waals surface area contributed by atoms with E-state index in [1.807, 2.05) is 38.1 Å². The van der Waals surface area contributed by atoms with Crippen LogP contribution in [0.3, 0.4) is 0 Å². The number of carbonyl (C=O) groups excluding carboxylic acids is 1. The first-order valence-corrected chi connectivity index (χ1v) is 9.44. The third-order valence-corrected chi connectivity index (χ3v) is 5.80. The minimum Gasteiger partial charge on any atom is -0.459 e. The van der Waals surface area contributed by atoms with Gasteiger partial charge in [0.05, 0.1) is 11.7 Å². The lowest BCUT2D eigenvalue weighted by Crippen LogP contribution is -2.40. The van der Waals surface area contributed by atoms with Crippen LogP contribution >= 0.6 is 11.3 Å². The summed E-state index contributed by atoms with van der Waals surface area (Å²) in [7, 11) is 2.07. The van der Waals surface area contributed by atoms with Crippen molar-refractivity contribution >= 4 is 17.2 Å². The normalized spacial score (nSPS) is 17.1. The highest BCUT2D eigenvalue weighted by molar-refractivity contribution is 7.17. The summed E-state index contributed by atoms with van der Waals surface area (Å²) in [4.78, 5) is 20.3. The molecule has 0 aliphatic carbocycles. The average molecular weight is 367 g/mol. The summed E-state index contributed by atoms with van der Waals surface area (Å²) in [6, 6.07) is 12.1. The molecular weight excluding hydrogens is 346 g/mol. The molecule has 1 atom stereocenters. The predicted molar refractivity (Wildman–Crippen MR) is 102 cm³/mol. The second kappa shape index (κ2) is 6.70. The van der Waals surface area contributed by atoms with E-state index in [2.05, 4.69) is 34.4 Å². The Balaban J connectivity index is 1.58. The fourth-order valence-electron chi connectivity index (χ4n) is 3.39. The van der Waals surface area contributed by atoms with Crippen LogP contribution in [0.15, 0.2) is 40.8 Å². The Morgan fingerprint density at radius 1 is 1.27 bits per heavy atom. The molecule has 0 radical (unpaired) electrons. The van der Waals surface area contributed by atoms with Crippen LogP contribution in [0.2, 0.25) is 0 Å². The molecule has 1 N–H and O–H groups in total. The molecule has 6 heteroatoms. The zero-order chi connectivity index (χ0) is 18.3. The first-order chi connectivity index (χ1) is 12.5. The van der Waals surface area contributed by atoms with Crippen LogP contribution in [0.5, 0.6) is 0 Å². The Hall–Kier alpha value is -2.44. The van der Waals surface area contributed by atoms with Crippen LogP contribution in [0.25, 0.3) is 10.8 Å². The highest BCUT2D eigenvalue weighted by Gasteiger charge is 2.26. The number of aryl methyl sites for hydroxylation is 2. The number of hydrogen-bond acceptors (Lipinski definition) is 5. The second-order valence-electron chi connectivity index (χ2n) is 6.77. The number of rotatable bonds is 3. The van der Waals surface area contributed by atoms with Crippen LogP contribution in [0.4, 0.5) is 0 Å². The molecule has 4 rings (SSSR count). The number of aromatic nitrogens is 1. The van der Waals surface area contributed by atoms with E-state index in [4.69, 9.17) is 4.42 Å². The van der Waals surface area contributed by atoms with Gasteiger partial charge in [-0.3, -0.25) is 9.69 Å². The molecule has 1 aromatic carbocycles. The molecule has 5 nitrogen and oxygen atoms in total. The van der Waals surface area contributed by atoms with Gasteiger partial charge in [-0.15, -0.1) is 11.3 Å². The van der Waals surface area contributed by atoms with E-state index in [0.29, 0.717) is 10.6 Å². The first kappa shape index (κ1) is 17.0. The van der Waals surface area contributed by atoms with E-state index < -0.39 is 0 Å². The van der Waals surface area contributed by atoms with Gasteiger partial charge < -0.3 is 9.73 Å². The lowest BCUT2D eigenvalue weighted by atomic mass is 9.95. The van der Waals surface area contributed by atoms with E-state index >= 15 is 0 Å². The van der Waals surface area contributed by atoms with Gasteiger partial charge in [-0.25, -0.2) is 4.98 Å². The smallest absolute Gasteiger partial charge is 0.263 e. The summed E-state index contributed by atoms with van der Waals surface area (Å²) >= 11 is 1.37. The number of carbonyl (C=O) groups is 1. The van der Waals surface area contributed by atoms with Crippen LogP contribution in [-0.4, -0.2) is 29.4 Å². The van der Waals surface area contributed by atoms with Crippen molar-refractivity contribution in [3.63, 3.8) is 0 Å². The topological polar surface area (TPSA) is 58.4 Å². The summed E-state index contributed by atoms with van der Waals surface area (Å²) in [6.45, 7) is 5.47. The molecule has 26 heavy (non-hydrogen) atoms. The van der Waals surface area contributed by atoms with Gasteiger partial charge in [-0.05, 0) is 44.2 Å². The van der Waals surface area contributed by atoms with Crippen molar-refractivity contribution in [2.45, 2.75) is 26.4 Å². The van der Waals surface area contributed by atoms with Crippen LogP contribution in [-0.2, 0) is 6.54 Å². The standard InChI is InChI=1S/C20H21N3O2S/c1-12-8-9-17(25-12)20-21-13(2)18(26-20)19(24)22-16-11-23(3)10-14-6-4-5-7-15(14)16/h4-9,16H,10-11H2,1-3H3,(H,22,24). The SMILES string of the molecule is Cc1ccc(-c2nc(C)c(C(=O)NC3CN(C)Cc4ccccc43)s2)o1. The van der Waals surface area contributed by atoms with E-state index in [0.717, 1.165) is 29.6 Å². The molecule has 0 bridgehead atoms. The number of nitrogens with one attached hydrogen (secondary N) is 1. The van der Waals surface area contributed by atoms with E-state index in [-0.39, 0.29) is 11.9 Å². The zero-order valence-corrected chi connectivity index (χ0v) is 15.9. The first-order valence-electron chi connectivity index (χ1n) is 8.62. The molecule has 2 aromatic heterocycles.